The van der Waals surface area contributed by atoms with Gasteiger partial charge in [0, 0.05) is 30.9 Å². The summed E-state index contributed by atoms with van der Waals surface area (Å²) in [6.45, 7) is 1.54. The first-order chi connectivity index (χ1) is 12.7. The molecule has 1 saturated heterocycles. The van der Waals surface area contributed by atoms with Crippen LogP contribution < -0.4 is 0 Å². The molecule has 2 atom stereocenters. The second-order valence-corrected chi connectivity index (χ2v) is 8.73. The van der Waals surface area contributed by atoms with Crippen LogP contribution in [0.4, 0.5) is 0 Å². The number of hydrogen-bond donors (Lipinski definition) is 1. The molecular weight excluding hydrogens is 328 g/mol. The summed E-state index contributed by atoms with van der Waals surface area (Å²) < 4.78 is 6.12. The zero-order chi connectivity index (χ0) is 17.3. The monoisotopic (exact) mass is 352 g/mol. The third-order valence-corrected chi connectivity index (χ3v) is 6.95. The predicted molar refractivity (Wildman–Crippen MR) is 94.0 cm³/mol. The molecule has 1 N–H and O–H groups in total. The molecule has 2 aromatic rings. The summed E-state index contributed by atoms with van der Waals surface area (Å²) in [7, 11) is 0. The fraction of sp³-hybridized carbons (Fsp3) is 0.650. The first-order valence-electron chi connectivity index (χ1n) is 10.0. The fourth-order valence-corrected chi connectivity index (χ4v) is 5.17. The minimum Gasteiger partial charge on any atom is -0.424 e. The van der Waals surface area contributed by atoms with Crippen LogP contribution in [-0.2, 0) is 5.41 Å². The van der Waals surface area contributed by atoms with Crippen LogP contribution in [-0.4, -0.2) is 39.1 Å². The van der Waals surface area contributed by atoms with Gasteiger partial charge >= 0.3 is 0 Å². The maximum absolute atomic E-state index is 13.2. The summed E-state index contributed by atoms with van der Waals surface area (Å²) >= 11 is 0. The summed E-state index contributed by atoms with van der Waals surface area (Å²) in [6, 6.07) is 1.95. The van der Waals surface area contributed by atoms with E-state index < -0.39 is 0 Å². The van der Waals surface area contributed by atoms with Crippen molar-refractivity contribution < 1.29 is 9.21 Å². The molecule has 6 rings (SSSR count). The van der Waals surface area contributed by atoms with E-state index in [1.807, 2.05) is 17.2 Å². The first kappa shape index (κ1) is 15.0. The topological polar surface area (TPSA) is 75.0 Å². The van der Waals surface area contributed by atoms with Gasteiger partial charge in [-0.15, -0.1) is 10.2 Å². The highest BCUT2D eigenvalue weighted by Gasteiger charge is 2.55. The summed E-state index contributed by atoms with van der Waals surface area (Å²) in [6.07, 6.45) is 10.0. The van der Waals surface area contributed by atoms with Crippen molar-refractivity contribution in [3.05, 3.63) is 35.3 Å². The lowest BCUT2D eigenvalue weighted by Gasteiger charge is -2.24. The molecule has 4 aliphatic rings. The van der Waals surface area contributed by atoms with E-state index >= 15 is 0 Å². The number of nitrogens with one attached hydrogen (secondary N) is 1. The number of nitrogens with zero attached hydrogens (tertiary/aromatic N) is 3. The third-order valence-electron chi connectivity index (χ3n) is 6.95. The van der Waals surface area contributed by atoms with Crippen LogP contribution in [0.3, 0.4) is 0 Å². The minimum absolute atomic E-state index is 0.119. The van der Waals surface area contributed by atoms with Gasteiger partial charge in [0.05, 0.1) is 11.0 Å². The average molecular weight is 352 g/mol. The molecule has 1 aliphatic heterocycles. The lowest BCUT2D eigenvalue weighted by Crippen LogP contribution is -2.35. The van der Waals surface area contributed by atoms with E-state index in [-0.39, 0.29) is 11.3 Å². The summed E-state index contributed by atoms with van der Waals surface area (Å²) in [5.74, 6) is 3.25. The van der Waals surface area contributed by atoms with E-state index in [0.29, 0.717) is 17.8 Å². The highest BCUT2D eigenvalue weighted by Crippen LogP contribution is 2.51. The Balaban J connectivity index is 1.30. The van der Waals surface area contributed by atoms with Crippen molar-refractivity contribution in [3.8, 4) is 0 Å². The highest BCUT2D eigenvalue weighted by atomic mass is 16.4. The number of H-pyrrole nitrogens is 1. The number of carbonyl (C=O) groups excluding carboxylic acids is 1. The molecule has 4 fully saturated rings. The normalized spacial score (nSPS) is 30.8. The maximum atomic E-state index is 13.2. The molecule has 136 valence electrons. The second-order valence-electron chi connectivity index (χ2n) is 8.73. The van der Waals surface area contributed by atoms with E-state index in [4.69, 9.17) is 4.42 Å². The van der Waals surface area contributed by atoms with Crippen LogP contribution in [0.5, 0.6) is 0 Å². The van der Waals surface area contributed by atoms with E-state index in [1.165, 1.54) is 32.1 Å². The Morgan fingerprint density at radius 2 is 2.04 bits per heavy atom. The highest BCUT2D eigenvalue weighted by molar-refractivity contribution is 5.96. The van der Waals surface area contributed by atoms with Crippen molar-refractivity contribution >= 4 is 5.91 Å². The molecule has 6 nitrogen and oxygen atoms in total. The van der Waals surface area contributed by atoms with Gasteiger partial charge in [0.15, 0.2) is 0 Å². The van der Waals surface area contributed by atoms with Gasteiger partial charge in [0.25, 0.3) is 5.91 Å². The van der Waals surface area contributed by atoms with Crippen molar-refractivity contribution in [2.75, 3.05) is 13.1 Å². The number of rotatable bonds is 4. The van der Waals surface area contributed by atoms with Crippen molar-refractivity contribution in [2.45, 2.75) is 62.2 Å². The molecule has 3 saturated carbocycles. The van der Waals surface area contributed by atoms with E-state index in [0.717, 1.165) is 49.0 Å². The summed E-state index contributed by atoms with van der Waals surface area (Å²) in [4.78, 5) is 18.6. The van der Waals surface area contributed by atoms with Crippen molar-refractivity contribution in [1.29, 1.82) is 0 Å². The quantitative estimate of drug-likeness (QED) is 0.916. The molecule has 2 aromatic heterocycles. The minimum atomic E-state index is -0.119. The Morgan fingerprint density at radius 1 is 1.19 bits per heavy atom. The molecule has 0 unspecified atom stereocenters. The molecule has 0 radical (unpaired) electrons. The van der Waals surface area contributed by atoms with Crippen LogP contribution in [0.25, 0.3) is 0 Å². The lowest BCUT2D eigenvalue weighted by atomic mass is 9.80. The van der Waals surface area contributed by atoms with Crippen molar-refractivity contribution in [3.63, 3.8) is 0 Å². The van der Waals surface area contributed by atoms with E-state index in [2.05, 4.69) is 15.2 Å². The van der Waals surface area contributed by atoms with Gasteiger partial charge in [0.1, 0.15) is 0 Å². The van der Waals surface area contributed by atoms with Crippen LogP contribution in [0.2, 0.25) is 0 Å². The Morgan fingerprint density at radius 3 is 2.85 bits per heavy atom. The summed E-state index contributed by atoms with van der Waals surface area (Å²) in [5, 5.41) is 8.76. The van der Waals surface area contributed by atoms with Gasteiger partial charge < -0.3 is 14.3 Å². The molecule has 0 bridgehead atoms. The van der Waals surface area contributed by atoms with Gasteiger partial charge in [-0.3, -0.25) is 4.79 Å². The molecule has 3 aliphatic carbocycles. The van der Waals surface area contributed by atoms with Gasteiger partial charge in [-0.1, -0.05) is 6.42 Å². The number of likely N-dealkylation sites (tertiary alicyclic amines) is 1. The van der Waals surface area contributed by atoms with E-state index in [1.54, 1.807) is 0 Å². The fourth-order valence-electron chi connectivity index (χ4n) is 5.17. The van der Waals surface area contributed by atoms with Crippen LogP contribution in [0.15, 0.2) is 16.7 Å². The zero-order valence-electron chi connectivity index (χ0n) is 14.9. The number of amides is 1. The molecule has 6 heteroatoms. The first-order valence-corrected chi connectivity index (χ1v) is 10.0. The molecular formula is C20H24N4O2. The number of aromatic amines is 1. The Kier molecular flexibility index (Phi) is 3.00. The van der Waals surface area contributed by atoms with Crippen molar-refractivity contribution in [1.82, 2.24) is 20.1 Å². The van der Waals surface area contributed by atoms with Gasteiger partial charge in [0.2, 0.25) is 11.8 Å². The molecule has 0 spiro atoms. The largest absolute Gasteiger partial charge is 0.424 e. The number of aromatic nitrogens is 3. The second kappa shape index (κ2) is 5.21. The third kappa shape index (κ3) is 2.14. The van der Waals surface area contributed by atoms with Crippen molar-refractivity contribution in [2.24, 2.45) is 5.92 Å². The smallest absolute Gasteiger partial charge is 0.255 e. The van der Waals surface area contributed by atoms with E-state index in [9.17, 15) is 4.79 Å². The van der Waals surface area contributed by atoms with Crippen LogP contribution in [0, 0.1) is 5.92 Å². The predicted octanol–water partition coefficient (Wildman–Crippen LogP) is 3.35. The number of fused-ring (bicyclic) bond motifs is 1. The molecule has 26 heavy (non-hydrogen) atoms. The molecule has 0 aromatic carbocycles. The standard InChI is InChI=1S/C20H24N4O2/c25-18(15-7-9-21-16(15)12-3-4-12)24-10-14-2-1-8-20(14,11-24)19-23-22-17(26-19)13-5-6-13/h7,9,12-14,21H,1-6,8,10-11H2/t14-,20-/m0/s1. The van der Waals surface area contributed by atoms with Crippen LogP contribution >= 0.6 is 0 Å². The van der Waals surface area contributed by atoms with Crippen LogP contribution in [0.1, 0.15) is 84.6 Å². The lowest BCUT2D eigenvalue weighted by molar-refractivity contribution is 0.0774. The zero-order valence-corrected chi connectivity index (χ0v) is 14.9. The molecule has 3 heterocycles. The van der Waals surface area contributed by atoms with Gasteiger partial charge in [-0.25, -0.2) is 0 Å². The Labute approximate surface area is 152 Å². The van der Waals surface area contributed by atoms with Gasteiger partial charge in [-0.05, 0) is 56.4 Å². The summed E-state index contributed by atoms with van der Waals surface area (Å²) in [5.41, 5.74) is 1.88. The number of hydrogen-bond acceptors (Lipinski definition) is 4. The Hall–Kier alpha value is -2.11. The maximum Gasteiger partial charge on any atom is 0.255 e. The molecule has 1 amide bonds. The average Bonchev–Trinajstić information content (AvgIpc) is 3.46. The SMILES string of the molecule is O=C(c1cc[nH]c1C1CC1)N1C[C@@H]2CCC[C@]2(c2nnc(C3CC3)o2)C1. The Bertz CT molecular complexity index is 863. The number of carbonyl (C=O) groups is 1. The van der Waals surface area contributed by atoms with Gasteiger partial charge in [-0.2, -0.15) is 0 Å².